The van der Waals surface area contributed by atoms with Crippen LogP contribution < -0.4 is 11.4 Å². The van der Waals surface area contributed by atoms with Crippen molar-refractivity contribution in [1.29, 1.82) is 0 Å². The maximum Gasteiger partial charge on any atom is 0.340 e. The molecule has 2 aromatic rings. The molecule has 0 aliphatic carbocycles. The second kappa shape index (κ2) is 3.02. The van der Waals surface area contributed by atoms with Crippen molar-refractivity contribution in [2.45, 2.75) is 6.92 Å². The van der Waals surface area contributed by atoms with Gasteiger partial charge >= 0.3 is 5.69 Å². The summed E-state index contributed by atoms with van der Waals surface area (Å²) in [5, 5.41) is 6.13. The highest BCUT2D eigenvalue weighted by Gasteiger charge is 2.03. The Kier molecular flexibility index (Phi) is 1.85. The maximum absolute atomic E-state index is 10.8. The van der Waals surface area contributed by atoms with Crippen molar-refractivity contribution < 1.29 is 0 Å². The minimum atomic E-state index is -0.311. The zero-order valence-electron chi connectivity index (χ0n) is 7.66. The molecular weight excluding hydrogens is 180 g/mol. The summed E-state index contributed by atoms with van der Waals surface area (Å²) in [7, 11) is 0. The van der Waals surface area contributed by atoms with Gasteiger partial charge in [-0.25, -0.2) is 9.89 Å². The van der Waals surface area contributed by atoms with E-state index in [-0.39, 0.29) is 5.69 Å². The van der Waals surface area contributed by atoms with Gasteiger partial charge in [0, 0.05) is 11.3 Å². The van der Waals surface area contributed by atoms with E-state index in [9.17, 15) is 4.79 Å². The number of anilines is 1. The smallest absolute Gasteiger partial charge is 0.340 e. The lowest BCUT2D eigenvalue weighted by Crippen LogP contribution is -2.00. The van der Waals surface area contributed by atoms with Crippen molar-refractivity contribution in [3.63, 3.8) is 0 Å². The molecule has 0 spiro atoms. The van der Waals surface area contributed by atoms with Crippen LogP contribution in [0.1, 0.15) is 5.56 Å². The third-order valence-corrected chi connectivity index (χ3v) is 2.04. The molecule has 0 saturated carbocycles. The number of rotatable bonds is 1. The van der Waals surface area contributed by atoms with Gasteiger partial charge in [0.05, 0.1) is 0 Å². The Morgan fingerprint density at radius 2 is 2.21 bits per heavy atom. The Balaban J connectivity index is 2.52. The first-order valence-electron chi connectivity index (χ1n) is 4.18. The van der Waals surface area contributed by atoms with Crippen molar-refractivity contribution in [2.75, 3.05) is 5.73 Å². The van der Waals surface area contributed by atoms with Crippen molar-refractivity contribution >= 4 is 5.69 Å². The molecule has 5 heteroatoms. The largest absolute Gasteiger partial charge is 0.399 e. The van der Waals surface area contributed by atoms with Crippen molar-refractivity contribution in [1.82, 2.24) is 15.2 Å². The third-order valence-electron chi connectivity index (χ3n) is 2.04. The number of nitrogens with two attached hydrogens (primary N) is 1. The lowest BCUT2D eigenvalue weighted by Gasteiger charge is -2.01. The minimum absolute atomic E-state index is 0.311. The van der Waals surface area contributed by atoms with Crippen LogP contribution >= 0.6 is 0 Å². The number of hydrogen-bond donors (Lipinski definition) is 3. The maximum atomic E-state index is 10.8. The zero-order chi connectivity index (χ0) is 10.1. The van der Waals surface area contributed by atoms with Gasteiger partial charge < -0.3 is 5.73 Å². The highest BCUT2D eigenvalue weighted by molar-refractivity contribution is 5.61. The first kappa shape index (κ1) is 8.55. The van der Waals surface area contributed by atoms with Crippen LogP contribution in [-0.4, -0.2) is 15.2 Å². The average Bonchev–Trinajstić information content (AvgIpc) is 2.57. The number of H-pyrrole nitrogens is 2. The van der Waals surface area contributed by atoms with Crippen molar-refractivity contribution in [3.8, 4) is 11.4 Å². The van der Waals surface area contributed by atoms with Gasteiger partial charge in [0.25, 0.3) is 0 Å². The first-order valence-corrected chi connectivity index (χ1v) is 4.18. The molecule has 0 saturated heterocycles. The van der Waals surface area contributed by atoms with Crippen LogP contribution in [-0.2, 0) is 0 Å². The number of nitrogen functional groups attached to an aromatic ring is 1. The summed E-state index contributed by atoms with van der Waals surface area (Å²) < 4.78 is 0. The molecule has 0 atom stereocenters. The molecule has 0 amide bonds. The molecule has 0 bridgehead atoms. The van der Waals surface area contributed by atoms with Gasteiger partial charge in [-0.2, -0.15) is 5.10 Å². The fourth-order valence-corrected chi connectivity index (χ4v) is 1.23. The lowest BCUT2D eigenvalue weighted by molar-refractivity contribution is 1.05. The number of nitrogens with one attached hydrogen (secondary N) is 2. The number of benzene rings is 1. The van der Waals surface area contributed by atoms with E-state index < -0.39 is 0 Å². The van der Waals surface area contributed by atoms with Crippen LogP contribution in [0.4, 0.5) is 5.69 Å². The standard InChI is InChI=1S/C9H10N4O/c1-5-4-6(2-3-7(5)10)8-11-9(14)13-12-8/h2-4H,10H2,1H3,(H2,11,12,13,14). The summed E-state index contributed by atoms with van der Waals surface area (Å²) in [6, 6.07) is 5.48. The molecule has 1 heterocycles. The van der Waals surface area contributed by atoms with Gasteiger partial charge in [0.2, 0.25) is 0 Å². The summed E-state index contributed by atoms with van der Waals surface area (Å²) >= 11 is 0. The monoisotopic (exact) mass is 190 g/mol. The molecule has 0 aliphatic rings. The van der Waals surface area contributed by atoms with E-state index in [1.54, 1.807) is 6.07 Å². The number of aryl methyl sites for hydroxylation is 1. The Hall–Kier alpha value is -2.04. The second-order valence-corrected chi connectivity index (χ2v) is 3.10. The van der Waals surface area contributed by atoms with Crippen molar-refractivity contribution in [3.05, 3.63) is 34.2 Å². The van der Waals surface area contributed by atoms with Crippen LogP contribution in [0.15, 0.2) is 23.0 Å². The van der Waals surface area contributed by atoms with E-state index in [1.165, 1.54) is 0 Å². The highest BCUT2D eigenvalue weighted by Crippen LogP contribution is 2.18. The molecule has 5 nitrogen and oxygen atoms in total. The van der Waals surface area contributed by atoms with Crippen molar-refractivity contribution in [2.24, 2.45) is 0 Å². The highest BCUT2D eigenvalue weighted by atomic mass is 16.1. The second-order valence-electron chi connectivity index (χ2n) is 3.10. The number of hydrogen-bond acceptors (Lipinski definition) is 3. The average molecular weight is 190 g/mol. The van der Waals surface area contributed by atoms with Gasteiger partial charge in [-0.15, -0.1) is 0 Å². The number of aromatic amines is 2. The molecule has 0 aliphatic heterocycles. The summed E-state index contributed by atoms with van der Waals surface area (Å²) in [6.07, 6.45) is 0. The number of aromatic nitrogens is 3. The van der Waals surface area contributed by atoms with Crippen LogP contribution in [0.2, 0.25) is 0 Å². The normalized spacial score (nSPS) is 10.4. The van der Waals surface area contributed by atoms with E-state index in [1.807, 2.05) is 19.1 Å². The Morgan fingerprint density at radius 3 is 2.79 bits per heavy atom. The fourth-order valence-electron chi connectivity index (χ4n) is 1.23. The van der Waals surface area contributed by atoms with E-state index in [4.69, 9.17) is 5.73 Å². The van der Waals surface area contributed by atoms with Crippen LogP contribution in [0.3, 0.4) is 0 Å². The molecule has 14 heavy (non-hydrogen) atoms. The molecule has 4 N–H and O–H groups in total. The molecule has 0 fully saturated rings. The number of nitrogens with zero attached hydrogens (tertiary/aromatic N) is 1. The Bertz CT molecular complexity index is 512. The van der Waals surface area contributed by atoms with E-state index in [0.717, 1.165) is 16.8 Å². The van der Waals surface area contributed by atoms with Gasteiger partial charge in [-0.3, -0.25) is 4.98 Å². The molecule has 0 unspecified atom stereocenters. The van der Waals surface area contributed by atoms with Crippen LogP contribution in [0, 0.1) is 6.92 Å². The Morgan fingerprint density at radius 1 is 1.43 bits per heavy atom. The predicted octanol–water partition coefficient (Wildman–Crippen LogP) is 0.656. The SMILES string of the molecule is Cc1cc(-c2n[nH]c(=O)[nH]2)ccc1N. The van der Waals surface area contributed by atoms with Gasteiger partial charge in [-0.05, 0) is 30.7 Å². The minimum Gasteiger partial charge on any atom is -0.399 e. The summed E-state index contributed by atoms with van der Waals surface area (Å²) in [4.78, 5) is 13.4. The zero-order valence-corrected chi connectivity index (χ0v) is 7.66. The fraction of sp³-hybridized carbons (Fsp3) is 0.111. The molecule has 1 aromatic heterocycles. The predicted molar refractivity (Wildman–Crippen MR) is 53.8 cm³/mol. The summed E-state index contributed by atoms with van der Waals surface area (Å²) in [5.74, 6) is 0.526. The molecule has 0 radical (unpaired) electrons. The first-order chi connectivity index (χ1) is 6.66. The molecule has 2 rings (SSSR count). The van der Waals surface area contributed by atoms with E-state index >= 15 is 0 Å². The topological polar surface area (TPSA) is 87.6 Å². The van der Waals surface area contributed by atoms with Crippen LogP contribution in [0.5, 0.6) is 0 Å². The van der Waals surface area contributed by atoms with Gasteiger partial charge in [-0.1, -0.05) is 0 Å². The van der Waals surface area contributed by atoms with Crippen LogP contribution in [0.25, 0.3) is 11.4 Å². The third kappa shape index (κ3) is 1.39. The van der Waals surface area contributed by atoms with Gasteiger partial charge in [0.15, 0.2) is 5.82 Å². The summed E-state index contributed by atoms with van der Waals surface area (Å²) in [5.41, 5.74) is 7.90. The van der Waals surface area contributed by atoms with E-state index in [2.05, 4.69) is 15.2 Å². The summed E-state index contributed by atoms with van der Waals surface area (Å²) in [6.45, 7) is 1.91. The lowest BCUT2D eigenvalue weighted by atomic mass is 10.1. The molecule has 1 aromatic carbocycles. The molecule has 72 valence electrons. The van der Waals surface area contributed by atoms with Gasteiger partial charge in [0.1, 0.15) is 0 Å². The quantitative estimate of drug-likeness (QED) is 0.577. The Labute approximate surface area is 80.0 Å². The van der Waals surface area contributed by atoms with E-state index in [0.29, 0.717) is 5.82 Å². The molecular formula is C9H10N4O.